The third kappa shape index (κ3) is 3.82. The lowest BCUT2D eigenvalue weighted by Gasteiger charge is -2.31. The molecule has 1 aliphatic rings. The monoisotopic (exact) mass is 326 g/mol. The second-order valence-electron chi connectivity index (χ2n) is 5.86. The van der Waals surface area contributed by atoms with Crippen LogP contribution in [0.15, 0.2) is 42.7 Å². The van der Waals surface area contributed by atoms with Crippen molar-refractivity contribution in [3.63, 3.8) is 0 Å². The molecule has 0 radical (unpaired) electrons. The van der Waals surface area contributed by atoms with E-state index in [-0.39, 0.29) is 11.8 Å². The van der Waals surface area contributed by atoms with Gasteiger partial charge in [-0.1, -0.05) is 18.2 Å². The molecule has 1 fully saturated rings. The van der Waals surface area contributed by atoms with Crippen LogP contribution in [0.3, 0.4) is 0 Å². The minimum atomic E-state index is -0.0442. The van der Waals surface area contributed by atoms with Crippen molar-refractivity contribution in [3.05, 3.63) is 48.3 Å². The van der Waals surface area contributed by atoms with Gasteiger partial charge in [0.2, 0.25) is 11.9 Å². The fraction of sp³-hybridized carbons (Fsp3) is 0.389. The number of anilines is 1. The predicted molar refractivity (Wildman–Crippen MR) is 91.8 cm³/mol. The highest BCUT2D eigenvalue weighted by molar-refractivity contribution is 5.79. The lowest BCUT2D eigenvalue weighted by atomic mass is 9.97. The minimum Gasteiger partial charge on any atom is -0.496 e. The highest BCUT2D eigenvalue weighted by Crippen LogP contribution is 2.21. The standard InChI is InChI=1S/C18H22N4O2/c1-24-16-8-3-2-6-14(16)12-21-17(23)15-7-4-11-22(13-15)18-19-9-5-10-20-18/h2-3,5-6,8-10,15H,4,7,11-13H2,1H3,(H,21,23)/t15-/m1/s1. The topological polar surface area (TPSA) is 67.3 Å². The summed E-state index contributed by atoms with van der Waals surface area (Å²) in [6.45, 7) is 2.02. The summed E-state index contributed by atoms with van der Waals surface area (Å²) < 4.78 is 5.32. The number of methoxy groups -OCH3 is 1. The highest BCUT2D eigenvalue weighted by atomic mass is 16.5. The first-order chi connectivity index (χ1) is 11.8. The van der Waals surface area contributed by atoms with Gasteiger partial charge in [0.25, 0.3) is 0 Å². The van der Waals surface area contributed by atoms with Crippen molar-refractivity contribution < 1.29 is 9.53 Å². The van der Waals surface area contributed by atoms with Crippen molar-refractivity contribution in [3.8, 4) is 5.75 Å². The maximum atomic E-state index is 12.5. The second kappa shape index (κ2) is 7.77. The SMILES string of the molecule is COc1ccccc1CNC(=O)[C@@H]1CCCN(c2ncccn2)C1. The van der Waals surface area contributed by atoms with E-state index in [1.165, 1.54) is 0 Å². The van der Waals surface area contributed by atoms with E-state index in [1.807, 2.05) is 24.3 Å². The van der Waals surface area contributed by atoms with Crippen LogP contribution in [0.4, 0.5) is 5.95 Å². The number of nitrogens with zero attached hydrogens (tertiary/aromatic N) is 3. The second-order valence-corrected chi connectivity index (χ2v) is 5.86. The predicted octanol–water partition coefficient (Wildman–Crippen LogP) is 2.02. The van der Waals surface area contributed by atoms with Crippen molar-refractivity contribution in [2.24, 2.45) is 5.92 Å². The van der Waals surface area contributed by atoms with Crippen molar-refractivity contribution in [2.75, 3.05) is 25.1 Å². The van der Waals surface area contributed by atoms with E-state index in [1.54, 1.807) is 25.6 Å². The van der Waals surface area contributed by atoms with Crippen LogP contribution in [0.1, 0.15) is 18.4 Å². The smallest absolute Gasteiger partial charge is 0.225 e. The summed E-state index contributed by atoms with van der Waals surface area (Å²) in [5.41, 5.74) is 0.979. The maximum absolute atomic E-state index is 12.5. The molecule has 1 atom stereocenters. The third-order valence-corrected chi connectivity index (χ3v) is 4.27. The average Bonchev–Trinajstić information content (AvgIpc) is 2.67. The first kappa shape index (κ1) is 16.2. The normalized spacial score (nSPS) is 17.4. The van der Waals surface area contributed by atoms with Gasteiger partial charge in [-0.25, -0.2) is 9.97 Å². The molecule has 1 amide bonds. The van der Waals surface area contributed by atoms with E-state index in [0.29, 0.717) is 19.0 Å². The molecule has 126 valence electrons. The summed E-state index contributed by atoms with van der Waals surface area (Å²) in [7, 11) is 1.64. The number of hydrogen-bond acceptors (Lipinski definition) is 5. The number of aromatic nitrogens is 2. The number of ether oxygens (including phenoxy) is 1. The lowest BCUT2D eigenvalue weighted by Crippen LogP contribution is -2.43. The van der Waals surface area contributed by atoms with E-state index in [2.05, 4.69) is 20.2 Å². The molecule has 1 aliphatic heterocycles. The molecule has 1 saturated heterocycles. The number of benzene rings is 1. The van der Waals surface area contributed by atoms with Gasteiger partial charge in [0, 0.05) is 37.6 Å². The zero-order chi connectivity index (χ0) is 16.8. The quantitative estimate of drug-likeness (QED) is 0.910. The number of hydrogen-bond donors (Lipinski definition) is 1. The largest absolute Gasteiger partial charge is 0.496 e. The summed E-state index contributed by atoms with van der Waals surface area (Å²) in [6.07, 6.45) is 5.31. The molecule has 6 nitrogen and oxygen atoms in total. The van der Waals surface area contributed by atoms with Crippen LogP contribution in [0.2, 0.25) is 0 Å². The molecule has 1 aromatic carbocycles. The molecule has 0 unspecified atom stereocenters. The van der Waals surface area contributed by atoms with Gasteiger partial charge in [0.05, 0.1) is 13.0 Å². The average molecular weight is 326 g/mol. The summed E-state index contributed by atoms with van der Waals surface area (Å²) in [5, 5.41) is 3.03. The van der Waals surface area contributed by atoms with Gasteiger partial charge in [0.15, 0.2) is 0 Å². The molecular formula is C18H22N4O2. The summed E-state index contributed by atoms with van der Waals surface area (Å²) >= 11 is 0. The first-order valence-corrected chi connectivity index (χ1v) is 8.19. The number of carbonyl (C=O) groups is 1. The van der Waals surface area contributed by atoms with Gasteiger partial charge in [0.1, 0.15) is 5.75 Å². The van der Waals surface area contributed by atoms with Crippen LogP contribution >= 0.6 is 0 Å². The molecule has 6 heteroatoms. The van der Waals surface area contributed by atoms with Crippen LogP contribution in [0, 0.1) is 5.92 Å². The Labute approximate surface area is 141 Å². The van der Waals surface area contributed by atoms with E-state index in [9.17, 15) is 4.79 Å². The molecule has 2 heterocycles. The lowest BCUT2D eigenvalue weighted by molar-refractivity contribution is -0.125. The van der Waals surface area contributed by atoms with Gasteiger partial charge in [-0.3, -0.25) is 4.79 Å². The van der Waals surface area contributed by atoms with Crippen LogP contribution in [-0.4, -0.2) is 36.1 Å². The summed E-state index contributed by atoms with van der Waals surface area (Å²) in [5.74, 6) is 1.51. The number of carbonyl (C=O) groups excluding carboxylic acids is 1. The summed E-state index contributed by atoms with van der Waals surface area (Å²) in [6, 6.07) is 9.52. The molecule has 0 saturated carbocycles. The Hall–Kier alpha value is -2.63. The molecular weight excluding hydrogens is 304 g/mol. The Morgan fingerprint density at radius 3 is 2.88 bits per heavy atom. The maximum Gasteiger partial charge on any atom is 0.225 e. The van der Waals surface area contributed by atoms with Crippen LogP contribution in [0.25, 0.3) is 0 Å². The van der Waals surface area contributed by atoms with Crippen LogP contribution < -0.4 is 15.0 Å². The molecule has 1 N–H and O–H groups in total. The van der Waals surface area contributed by atoms with Gasteiger partial charge in [-0.2, -0.15) is 0 Å². The minimum absolute atomic E-state index is 0.0442. The third-order valence-electron chi connectivity index (χ3n) is 4.27. The number of nitrogens with one attached hydrogen (secondary N) is 1. The Kier molecular flexibility index (Phi) is 5.25. The Balaban J connectivity index is 1.58. The Morgan fingerprint density at radius 2 is 2.08 bits per heavy atom. The first-order valence-electron chi connectivity index (χ1n) is 8.19. The molecule has 0 aliphatic carbocycles. The van der Waals surface area contributed by atoms with Gasteiger partial charge < -0.3 is 15.0 Å². The van der Waals surface area contributed by atoms with Gasteiger partial charge in [-0.05, 0) is 25.0 Å². The van der Waals surface area contributed by atoms with Crippen molar-refractivity contribution >= 4 is 11.9 Å². The Morgan fingerprint density at radius 1 is 1.29 bits per heavy atom. The molecule has 0 bridgehead atoms. The Bertz CT molecular complexity index is 678. The van der Waals surface area contributed by atoms with Gasteiger partial charge in [-0.15, -0.1) is 0 Å². The van der Waals surface area contributed by atoms with Crippen LogP contribution in [0.5, 0.6) is 5.75 Å². The molecule has 0 spiro atoms. The van der Waals surface area contributed by atoms with Crippen LogP contribution in [-0.2, 0) is 11.3 Å². The molecule has 3 rings (SSSR count). The van der Waals surface area contributed by atoms with E-state index in [0.717, 1.165) is 30.7 Å². The van der Waals surface area contributed by atoms with Gasteiger partial charge >= 0.3 is 0 Å². The highest BCUT2D eigenvalue weighted by Gasteiger charge is 2.26. The fourth-order valence-electron chi connectivity index (χ4n) is 3.00. The number of amides is 1. The number of para-hydroxylation sites is 1. The number of rotatable bonds is 5. The summed E-state index contributed by atoms with van der Waals surface area (Å²) in [4.78, 5) is 23.2. The van der Waals surface area contributed by atoms with Crippen molar-refractivity contribution in [1.82, 2.24) is 15.3 Å². The van der Waals surface area contributed by atoms with E-state index >= 15 is 0 Å². The molecule has 2 aromatic rings. The molecule has 1 aromatic heterocycles. The zero-order valence-electron chi connectivity index (χ0n) is 13.8. The zero-order valence-corrected chi connectivity index (χ0v) is 13.8. The van der Waals surface area contributed by atoms with E-state index < -0.39 is 0 Å². The van der Waals surface area contributed by atoms with Crippen molar-refractivity contribution in [2.45, 2.75) is 19.4 Å². The molecule has 24 heavy (non-hydrogen) atoms. The van der Waals surface area contributed by atoms with Crippen molar-refractivity contribution in [1.29, 1.82) is 0 Å². The fourth-order valence-corrected chi connectivity index (χ4v) is 3.00. The number of piperidine rings is 1. The van der Waals surface area contributed by atoms with E-state index in [4.69, 9.17) is 4.74 Å².